The maximum Gasteiger partial charge on any atom is 0.222 e. The number of hydrogen-bond donors (Lipinski definition) is 2. The minimum absolute atomic E-state index is 0.130. The van der Waals surface area contributed by atoms with Crippen LogP contribution in [0.4, 0.5) is 0 Å². The second-order valence-electron chi connectivity index (χ2n) is 6.40. The third-order valence-electron chi connectivity index (χ3n) is 4.66. The summed E-state index contributed by atoms with van der Waals surface area (Å²) in [6, 6.07) is 0.500. The van der Waals surface area contributed by atoms with Crippen molar-refractivity contribution < 1.29 is 9.59 Å². The van der Waals surface area contributed by atoms with Gasteiger partial charge in [0.05, 0.1) is 0 Å². The molecule has 0 aromatic rings. The van der Waals surface area contributed by atoms with Crippen LogP contribution >= 0.6 is 0 Å². The maximum atomic E-state index is 12.0. The molecule has 1 saturated carbocycles. The van der Waals surface area contributed by atoms with Crippen molar-refractivity contribution in [1.82, 2.24) is 10.2 Å². The van der Waals surface area contributed by atoms with Crippen molar-refractivity contribution in [2.75, 3.05) is 13.6 Å². The van der Waals surface area contributed by atoms with Crippen LogP contribution in [0.5, 0.6) is 0 Å². The van der Waals surface area contributed by atoms with E-state index in [-0.39, 0.29) is 17.9 Å². The molecule has 0 spiro atoms. The lowest BCUT2D eigenvalue weighted by Crippen LogP contribution is -2.48. The highest BCUT2D eigenvalue weighted by atomic mass is 16.2. The summed E-state index contributed by atoms with van der Waals surface area (Å²) in [5.41, 5.74) is 5.89. The number of carbonyl (C=O) groups excluding carboxylic acids is 2. The monoisotopic (exact) mass is 281 g/mol. The SMILES string of the molecule is CN1CC(NC(=O)CCC2CCC(N)CC2)CCC1=O. The summed E-state index contributed by atoms with van der Waals surface area (Å²) >= 11 is 0. The van der Waals surface area contributed by atoms with Crippen LogP contribution in [0.3, 0.4) is 0 Å². The summed E-state index contributed by atoms with van der Waals surface area (Å²) in [6.45, 7) is 0.642. The van der Waals surface area contributed by atoms with Crippen molar-refractivity contribution in [3.05, 3.63) is 0 Å². The Labute approximate surface area is 121 Å². The Balaban J connectivity index is 1.64. The van der Waals surface area contributed by atoms with Gasteiger partial charge in [0.15, 0.2) is 0 Å². The van der Waals surface area contributed by atoms with E-state index in [1.54, 1.807) is 11.9 Å². The summed E-state index contributed by atoms with van der Waals surface area (Å²) in [4.78, 5) is 25.1. The van der Waals surface area contributed by atoms with Gasteiger partial charge in [-0.1, -0.05) is 0 Å². The topological polar surface area (TPSA) is 75.4 Å². The molecule has 2 fully saturated rings. The number of nitrogens with zero attached hydrogens (tertiary/aromatic N) is 1. The molecule has 1 aliphatic heterocycles. The first-order valence-electron chi connectivity index (χ1n) is 7.83. The van der Waals surface area contributed by atoms with E-state index >= 15 is 0 Å². The molecule has 1 saturated heterocycles. The molecule has 2 aliphatic rings. The van der Waals surface area contributed by atoms with Crippen LogP contribution < -0.4 is 11.1 Å². The lowest BCUT2D eigenvalue weighted by Gasteiger charge is -2.30. The zero-order valence-electron chi connectivity index (χ0n) is 12.4. The number of nitrogens with one attached hydrogen (secondary N) is 1. The fourth-order valence-electron chi connectivity index (χ4n) is 3.24. The van der Waals surface area contributed by atoms with E-state index in [2.05, 4.69) is 5.32 Å². The summed E-state index contributed by atoms with van der Waals surface area (Å²) < 4.78 is 0. The predicted molar refractivity (Wildman–Crippen MR) is 78.0 cm³/mol. The lowest BCUT2D eigenvalue weighted by molar-refractivity contribution is -0.134. The van der Waals surface area contributed by atoms with Crippen LogP contribution in [-0.2, 0) is 9.59 Å². The number of likely N-dealkylation sites (tertiary alicyclic amines) is 1. The molecule has 0 aromatic heterocycles. The molecule has 2 amide bonds. The standard InChI is InChI=1S/C15H27N3O2/c1-18-10-13(7-9-15(18)20)17-14(19)8-4-11-2-5-12(16)6-3-11/h11-13H,2-10,16H2,1H3,(H,17,19). The van der Waals surface area contributed by atoms with E-state index in [1.165, 1.54) is 0 Å². The zero-order chi connectivity index (χ0) is 14.5. The van der Waals surface area contributed by atoms with Gasteiger partial charge >= 0.3 is 0 Å². The van der Waals surface area contributed by atoms with Gasteiger partial charge in [0, 0.05) is 38.5 Å². The molecule has 3 N–H and O–H groups in total. The highest BCUT2D eigenvalue weighted by Gasteiger charge is 2.24. The summed E-state index contributed by atoms with van der Waals surface area (Å²) in [7, 11) is 1.80. The minimum atomic E-state index is 0.130. The number of carbonyl (C=O) groups is 2. The van der Waals surface area contributed by atoms with Gasteiger partial charge in [-0.15, -0.1) is 0 Å². The zero-order valence-corrected chi connectivity index (χ0v) is 12.4. The van der Waals surface area contributed by atoms with Gasteiger partial charge in [-0.2, -0.15) is 0 Å². The van der Waals surface area contributed by atoms with E-state index in [4.69, 9.17) is 5.73 Å². The van der Waals surface area contributed by atoms with Gasteiger partial charge in [0.25, 0.3) is 0 Å². The van der Waals surface area contributed by atoms with Crippen LogP contribution in [0.15, 0.2) is 0 Å². The number of hydrogen-bond acceptors (Lipinski definition) is 3. The molecule has 0 aromatic carbocycles. The van der Waals surface area contributed by atoms with E-state index in [0.29, 0.717) is 31.3 Å². The minimum Gasteiger partial charge on any atom is -0.352 e. The molecule has 114 valence electrons. The van der Waals surface area contributed by atoms with Crippen molar-refractivity contribution in [2.24, 2.45) is 11.7 Å². The average molecular weight is 281 g/mol. The third kappa shape index (κ3) is 4.47. The first-order valence-corrected chi connectivity index (χ1v) is 7.83. The van der Waals surface area contributed by atoms with Crippen LogP contribution in [0.2, 0.25) is 0 Å². The quantitative estimate of drug-likeness (QED) is 0.808. The Kier molecular flexibility index (Phi) is 5.40. The molecule has 20 heavy (non-hydrogen) atoms. The Morgan fingerprint density at radius 3 is 2.65 bits per heavy atom. The van der Waals surface area contributed by atoms with Gasteiger partial charge in [0.1, 0.15) is 0 Å². The maximum absolute atomic E-state index is 12.0. The smallest absolute Gasteiger partial charge is 0.222 e. The molecular formula is C15H27N3O2. The first-order chi connectivity index (χ1) is 9.54. The molecule has 5 nitrogen and oxygen atoms in total. The van der Waals surface area contributed by atoms with Crippen molar-refractivity contribution in [3.63, 3.8) is 0 Å². The van der Waals surface area contributed by atoms with Crippen LogP contribution in [0, 0.1) is 5.92 Å². The predicted octanol–water partition coefficient (Wildman–Crippen LogP) is 1.02. The van der Waals surface area contributed by atoms with E-state index in [9.17, 15) is 9.59 Å². The number of likely N-dealkylation sites (N-methyl/N-ethyl adjacent to an activating group) is 1. The van der Waals surface area contributed by atoms with Crippen molar-refractivity contribution in [2.45, 2.75) is 63.5 Å². The first kappa shape index (κ1) is 15.3. The highest BCUT2D eigenvalue weighted by molar-refractivity contribution is 5.78. The van der Waals surface area contributed by atoms with Crippen LogP contribution in [0.1, 0.15) is 51.4 Å². The average Bonchev–Trinajstić information content (AvgIpc) is 2.42. The molecule has 0 bridgehead atoms. The largest absolute Gasteiger partial charge is 0.352 e. The Morgan fingerprint density at radius 2 is 2.00 bits per heavy atom. The van der Waals surface area contributed by atoms with Gasteiger partial charge in [-0.05, 0) is 44.4 Å². The van der Waals surface area contributed by atoms with Crippen molar-refractivity contribution in [1.29, 1.82) is 0 Å². The van der Waals surface area contributed by atoms with Crippen molar-refractivity contribution in [3.8, 4) is 0 Å². The Bertz CT molecular complexity index is 351. The van der Waals surface area contributed by atoms with Gasteiger partial charge in [0.2, 0.25) is 11.8 Å². The summed E-state index contributed by atoms with van der Waals surface area (Å²) in [5.74, 6) is 0.970. The molecule has 0 radical (unpaired) electrons. The molecule has 2 rings (SSSR count). The number of piperidine rings is 1. The number of rotatable bonds is 4. The van der Waals surface area contributed by atoms with Gasteiger partial charge in [-0.3, -0.25) is 9.59 Å². The lowest BCUT2D eigenvalue weighted by atomic mass is 9.84. The van der Waals surface area contributed by atoms with Gasteiger partial charge < -0.3 is 16.0 Å². The van der Waals surface area contributed by atoms with E-state index in [0.717, 1.165) is 38.5 Å². The van der Waals surface area contributed by atoms with Crippen LogP contribution in [0.25, 0.3) is 0 Å². The highest BCUT2D eigenvalue weighted by Crippen LogP contribution is 2.26. The fourth-order valence-corrected chi connectivity index (χ4v) is 3.24. The summed E-state index contributed by atoms with van der Waals surface area (Å²) in [6.07, 6.45) is 7.41. The number of amides is 2. The summed E-state index contributed by atoms with van der Waals surface area (Å²) in [5, 5.41) is 3.06. The molecule has 5 heteroatoms. The molecule has 1 aliphatic carbocycles. The Morgan fingerprint density at radius 1 is 1.30 bits per heavy atom. The Hall–Kier alpha value is -1.10. The molecular weight excluding hydrogens is 254 g/mol. The molecule has 1 unspecified atom stereocenters. The molecule has 1 heterocycles. The normalized spacial score (nSPS) is 31.2. The van der Waals surface area contributed by atoms with Gasteiger partial charge in [-0.25, -0.2) is 0 Å². The second kappa shape index (κ2) is 7.07. The molecule has 1 atom stereocenters. The van der Waals surface area contributed by atoms with E-state index in [1.807, 2.05) is 0 Å². The second-order valence-corrected chi connectivity index (χ2v) is 6.40. The van der Waals surface area contributed by atoms with E-state index < -0.39 is 0 Å². The van der Waals surface area contributed by atoms with Crippen molar-refractivity contribution >= 4 is 11.8 Å². The third-order valence-corrected chi connectivity index (χ3v) is 4.66. The fraction of sp³-hybridized carbons (Fsp3) is 0.867. The van der Waals surface area contributed by atoms with Crippen LogP contribution in [-0.4, -0.2) is 42.4 Å². The number of nitrogens with two attached hydrogens (primary N) is 1.